The average molecular weight is 588 g/mol. The minimum Gasteiger partial charge on any atom is -0.536 e. The van der Waals surface area contributed by atoms with Gasteiger partial charge in [0.25, 0.3) is 0 Å². The summed E-state index contributed by atoms with van der Waals surface area (Å²) in [5, 5.41) is 7.33. The molecule has 4 nitrogen and oxygen atoms in total. The third kappa shape index (κ3) is 3.64. The molecule has 214 valence electrons. The molecular formula is C40H26B2N2O2. The van der Waals surface area contributed by atoms with E-state index in [0.717, 1.165) is 45.2 Å². The molecule has 10 rings (SSSR count). The van der Waals surface area contributed by atoms with Gasteiger partial charge in [0.1, 0.15) is 11.5 Å². The molecule has 0 aromatic heterocycles. The van der Waals surface area contributed by atoms with Gasteiger partial charge in [-0.05, 0) is 91.8 Å². The van der Waals surface area contributed by atoms with Crippen LogP contribution in [-0.2, 0) is 0 Å². The zero-order valence-electron chi connectivity index (χ0n) is 24.9. The largest absolute Gasteiger partial charge is 0.536 e. The molecule has 0 atom stereocenters. The van der Waals surface area contributed by atoms with Crippen molar-refractivity contribution in [2.45, 2.75) is 0 Å². The Bertz CT molecular complexity index is 2250. The van der Waals surface area contributed by atoms with Gasteiger partial charge in [0.2, 0.25) is 0 Å². The van der Waals surface area contributed by atoms with Gasteiger partial charge in [-0.25, -0.2) is 0 Å². The van der Waals surface area contributed by atoms with E-state index in [1.54, 1.807) is 0 Å². The predicted octanol–water partition coefficient (Wildman–Crippen LogP) is 8.44. The van der Waals surface area contributed by atoms with Crippen LogP contribution in [0, 0.1) is 0 Å². The van der Waals surface area contributed by atoms with Crippen molar-refractivity contribution in [3.8, 4) is 11.5 Å². The van der Waals surface area contributed by atoms with Crippen LogP contribution in [0.1, 0.15) is 0 Å². The van der Waals surface area contributed by atoms with Crippen molar-refractivity contribution in [2.75, 3.05) is 9.62 Å². The Morgan fingerprint density at radius 2 is 0.761 bits per heavy atom. The van der Waals surface area contributed by atoms with E-state index in [-0.39, 0.29) is 14.1 Å². The van der Waals surface area contributed by atoms with Crippen molar-refractivity contribution in [1.29, 1.82) is 0 Å². The highest BCUT2D eigenvalue weighted by atomic mass is 16.5. The van der Waals surface area contributed by atoms with Gasteiger partial charge in [-0.2, -0.15) is 0 Å². The molecule has 46 heavy (non-hydrogen) atoms. The van der Waals surface area contributed by atoms with Crippen molar-refractivity contribution in [2.24, 2.45) is 0 Å². The zero-order valence-corrected chi connectivity index (χ0v) is 24.9. The maximum Gasteiger partial charge on any atom is 0.524 e. The maximum absolute atomic E-state index is 6.75. The number of rotatable bonds is 4. The van der Waals surface area contributed by atoms with Crippen LogP contribution in [-0.4, -0.2) is 14.1 Å². The second kappa shape index (κ2) is 9.82. The molecule has 0 saturated carbocycles. The summed E-state index contributed by atoms with van der Waals surface area (Å²) < 4.78 is 13.5. The van der Waals surface area contributed by atoms with E-state index in [2.05, 4.69) is 155 Å². The smallest absolute Gasteiger partial charge is 0.524 e. The molecule has 0 fully saturated rings. The number of anilines is 4. The van der Waals surface area contributed by atoms with Crippen LogP contribution in [0.3, 0.4) is 0 Å². The van der Waals surface area contributed by atoms with E-state index in [4.69, 9.17) is 9.31 Å². The number of para-hydroxylation sites is 6. The van der Waals surface area contributed by atoms with Crippen LogP contribution in [0.4, 0.5) is 22.7 Å². The topological polar surface area (TPSA) is 24.9 Å². The summed E-state index contributed by atoms with van der Waals surface area (Å²) in [7, 11) is -0.602. The SMILES string of the molecule is c1ccc(N2B(c3ccc4ccc5c(B6Oc7ccccc7N6c6ccccc6)ccc6ccc3c4c65)Oc3ccccc32)cc1. The van der Waals surface area contributed by atoms with Crippen LogP contribution in [0.2, 0.25) is 0 Å². The lowest BCUT2D eigenvalue weighted by Gasteiger charge is -2.25. The van der Waals surface area contributed by atoms with Crippen LogP contribution < -0.4 is 29.9 Å². The first kappa shape index (κ1) is 25.5. The summed E-state index contributed by atoms with van der Waals surface area (Å²) in [5.74, 6) is 1.78. The molecule has 2 aliphatic rings. The second-order valence-corrected chi connectivity index (χ2v) is 12.0. The lowest BCUT2D eigenvalue weighted by Crippen LogP contribution is -2.47. The average Bonchev–Trinajstić information content (AvgIpc) is 3.70. The Kier molecular flexibility index (Phi) is 5.43. The summed E-state index contributed by atoms with van der Waals surface area (Å²) in [6.45, 7) is 0. The van der Waals surface area contributed by atoms with Gasteiger partial charge >= 0.3 is 14.1 Å². The number of benzene rings is 8. The Morgan fingerprint density at radius 3 is 1.22 bits per heavy atom. The molecule has 2 heterocycles. The molecule has 0 saturated heterocycles. The highest BCUT2D eigenvalue weighted by Gasteiger charge is 2.42. The fourth-order valence-corrected chi connectivity index (χ4v) is 7.52. The van der Waals surface area contributed by atoms with E-state index in [0.29, 0.717) is 0 Å². The highest BCUT2D eigenvalue weighted by molar-refractivity contribution is 6.78. The van der Waals surface area contributed by atoms with Gasteiger partial charge in [0, 0.05) is 11.4 Å². The molecule has 0 unspecified atom stereocenters. The summed E-state index contributed by atoms with van der Waals surface area (Å²) in [6.07, 6.45) is 0. The van der Waals surface area contributed by atoms with Gasteiger partial charge in [-0.1, -0.05) is 109 Å². The molecule has 8 aromatic rings. The van der Waals surface area contributed by atoms with Crippen LogP contribution in [0.5, 0.6) is 11.5 Å². The van der Waals surface area contributed by atoms with Crippen molar-refractivity contribution in [3.63, 3.8) is 0 Å². The summed E-state index contributed by atoms with van der Waals surface area (Å²) >= 11 is 0. The molecule has 0 radical (unpaired) electrons. The van der Waals surface area contributed by atoms with E-state index >= 15 is 0 Å². The van der Waals surface area contributed by atoms with Gasteiger partial charge in [-0.3, -0.25) is 0 Å². The van der Waals surface area contributed by atoms with E-state index < -0.39 is 0 Å². The fourth-order valence-electron chi connectivity index (χ4n) is 7.52. The van der Waals surface area contributed by atoms with Crippen LogP contribution in [0.15, 0.2) is 158 Å². The Balaban J connectivity index is 1.18. The van der Waals surface area contributed by atoms with E-state index in [1.807, 2.05) is 12.1 Å². The standard InChI is InChI=1S/C40H26B2N2O2/c1-3-11-29(12-4-1)43-35-15-7-9-17-37(35)45-41(43)33-25-21-27-20-24-32-34(26-22-28-19-23-31(33)39(27)40(28)32)42-44(30-13-5-2-6-14-30)36-16-8-10-18-38(36)46-42/h1-26H. The lowest BCUT2D eigenvalue weighted by molar-refractivity contribution is 0.603. The summed E-state index contributed by atoms with van der Waals surface area (Å²) in [6, 6.07) is 55.7. The number of fused-ring (bicyclic) bond motifs is 2. The number of hydrogen-bond acceptors (Lipinski definition) is 4. The van der Waals surface area contributed by atoms with Crippen LogP contribution in [0.25, 0.3) is 32.3 Å². The van der Waals surface area contributed by atoms with Gasteiger partial charge in [0.05, 0.1) is 11.4 Å². The molecule has 2 aliphatic heterocycles. The third-order valence-electron chi connectivity index (χ3n) is 9.53. The first-order valence-corrected chi connectivity index (χ1v) is 15.7. The first-order valence-electron chi connectivity index (χ1n) is 15.7. The molecule has 6 heteroatoms. The van der Waals surface area contributed by atoms with Crippen molar-refractivity contribution < 1.29 is 9.31 Å². The third-order valence-corrected chi connectivity index (χ3v) is 9.53. The minimum absolute atomic E-state index is 0.301. The van der Waals surface area contributed by atoms with Crippen molar-refractivity contribution >= 4 is 80.1 Å². The molecule has 0 spiro atoms. The second-order valence-electron chi connectivity index (χ2n) is 12.0. The Hall–Kier alpha value is -5.87. The zero-order chi connectivity index (χ0) is 30.2. The summed E-state index contributed by atoms with van der Waals surface area (Å²) in [5.41, 5.74) is 6.63. The first-order chi connectivity index (χ1) is 22.8. The molecule has 0 bridgehead atoms. The monoisotopic (exact) mass is 588 g/mol. The van der Waals surface area contributed by atoms with Crippen molar-refractivity contribution in [1.82, 2.24) is 0 Å². The number of hydrogen-bond donors (Lipinski definition) is 0. The Morgan fingerprint density at radius 1 is 0.370 bits per heavy atom. The van der Waals surface area contributed by atoms with Crippen molar-refractivity contribution in [3.05, 3.63) is 158 Å². The molecular weight excluding hydrogens is 562 g/mol. The molecule has 8 aromatic carbocycles. The fraction of sp³-hybridized carbons (Fsp3) is 0. The maximum atomic E-state index is 6.75. The number of nitrogens with zero attached hydrogens (tertiary/aromatic N) is 2. The molecule has 0 aliphatic carbocycles. The van der Waals surface area contributed by atoms with Gasteiger partial charge in [0.15, 0.2) is 0 Å². The quantitative estimate of drug-likeness (QED) is 0.152. The lowest BCUT2D eigenvalue weighted by atomic mass is 9.66. The van der Waals surface area contributed by atoms with E-state index in [9.17, 15) is 0 Å². The Labute approximate surface area is 267 Å². The normalized spacial score (nSPS) is 13.8. The molecule has 0 N–H and O–H groups in total. The minimum atomic E-state index is -0.301. The molecule has 0 amide bonds. The van der Waals surface area contributed by atoms with Gasteiger partial charge in [-0.15, -0.1) is 0 Å². The van der Waals surface area contributed by atoms with Gasteiger partial charge < -0.3 is 18.9 Å². The summed E-state index contributed by atoms with van der Waals surface area (Å²) in [4.78, 5) is 4.63. The van der Waals surface area contributed by atoms with E-state index in [1.165, 1.54) is 32.3 Å². The highest BCUT2D eigenvalue weighted by Crippen LogP contribution is 2.43. The predicted molar refractivity (Wildman–Crippen MR) is 192 cm³/mol. The van der Waals surface area contributed by atoms with Crippen LogP contribution >= 0.6 is 0 Å².